The largest absolute Gasteiger partial charge is 0.351 e. The van der Waals surface area contributed by atoms with Crippen molar-refractivity contribution < 1.29 is 0 Å². The molecule has 0 aliphatic heterocycles. The Balaban J connectivity index is 2.07. The van der Waals surface area contributed by atoms with Gasteiger partial charge in [-0.3, -0.25) is 5.10 Å². The van der Waals surface area contributed by atoms with Crippen molar-refractivity contribution in [2.45, 2.75) is 26.3 Å². The number of anilines is 1. The molecule has 0 radical (unpaired) electrons. The highest BCUT2D eigenvalue weighted by atomic mass is 32.1. The molecular weight excluding hydrogens is 260 g/mol. The lowest BCUT2D eigenvalue weighted by Gasteiger charge is -2.08. The van der Waals surface area contributed by atoms with Crippen molar-refractivity contribution in [2.75, 3.05) is 5.32 Å². The highest BCUT2D eigenvalue weighted by Gasteiger charge is 2.11. The van der Waals surface area contributed by atoms with Crippen molar-refractivity contribution in [1.82, 2.24) is 15.2 Å². The summed E-state index contributed by atoms with van der Waals surface area (Å²) < 4.78 is 0.683. The first-order valence-electron chi connectivity index (χ1n) is 4.95. The first-order valence-corrected chi connectivity index (χ1v) is 6.99. The first kappa shape index (κ1) is 11.7. The number of thiazole rings is 1. The van der Waals surface area contributed by atoms with E-state index in [0.717, 1.165) is 16.6 Å². The van der Waals surface area contributed by atoms with E-state index in [1.807, 2.05) is 6.20 Å². The number of H-pyrrole nitrogens is 1. The molecule has 0 aromatic carbocycles. The van der Waals surface area contributed by atoms with E-state index in [9.17, 15) is 0 Å². The first-order chi connectivity index (χ1) is 7.69. The Morgan fingerprint density at radius 3 is 2.94 bits per heavy atom. The molecule has 4 nitrogen and oxygen atoms in total. The maximum absolute atomic E-state index is 4.97. The van der Waals surface area contributed by atoms with Crippen molar-refractivity contribution in [3.05, 3.63) is 20.0 Å². The number of rotatable bonds is 4. The van der Waals surface area contributed by atoms with Crippen LogP contribution in [0.3, 0.4) is 0 Å². The molecule has 0 fully saturated rings. The Labute approximate surface area is 107 Å². The molecule has 0 bridgehead atoms. The van der Waals surface area contributed by atoms with Gasteiger partial charge in [0.15, 0.2) is 3.95 Å². The van der Waals surface area contributed by atoms with Crippen LogP contribution in [-0.4, -0.2) is 15.2 Å². The lowest BCUT2D eigenvalue weighted by molar-refractivity contribution is 0.860. The van der Waals surface area contributed by atoms with E-state index in [1.54, 1.807) is 11.3 Å². The van der Waals surface area contributed by atoms with Gasteiger partial charge >= 0.3 is 0 Å². The topological polar surface area (TPSA) is 53.6 Å². The molecule has 0 saturated heterocycles. The van der Waals surface area contributed by atoms with Gasteiger partial charge in [0.1, 0.15) is 5.01 Å². The van der Waals surface area contributed by atoms with Crippen LogP contribution in [0.25, 0.3) is 0 Å². The molecular formula is C9H12N4S3. The average Bonchev–Trinajstić information content (AvgIpc) is 2.87. The molecule has 2 heterocycles. The van der Waals surface area contributed by atoms with Crippen LogP contribution in [0.5, 0.6) is 0 Å². The molecule has 0 amide bonds. The Morgan fingerprint density at radius 1 is 1.56 bits per heavy atom. The Hall–Kier alpha value is -0.790. The molecule has 7 heteroatoms. The maximum atomic E-state index is 4.97. The normalized spacial score (nSPS) is 12.6. The molecule has 1 unspecified atom stereocenters. The number of aromatic nitrogens is 3. The summed E-state index contributed by atoms with van der Waals surface area (Å²) >= 11 is 8.14. The highest BCUT2D eigenvalue weighted by molar-refractivity contribution is 7.73. The summed E-state index contributed by atoms with van der Waals surface area (Å²) in [6.45, 7) is 4.21. The minimum Gasteiger partial charge on any atom is -0.351 e. The summed E-state index contributed by atoms with van der Waals surface area (Å²) in [6.07, 6.45) is 2.97. The SMILES string of the molecule is CCc1cnc(C(C)Nc2n[nH]c(=S)s2)s1. The minimum absolute atomic E-state index is 0.166. The van der Waals surface area contributed by atoms with Crippen molar-refractivity contribution in [3.8, 4) is 0 Å². The summed E-state index contributed by atoms with van der Waals surface area (Å²) in [5.74, 6) is 0. The number of hydrogen-bond donors (Lipinski definition) is 2. The number of aromatic amines is 1. The molecule has 16 heavy (non-hydrogen) atoms. The van der Waals surface area contributed by atoms with Crippen LogP contribution < -0.4 is 5.32 Å². The molecule has 2 aromatic rings. The highest BCUT2D eigenvalue weighted by Crippen LogP contribution is 2.24. The summed E-state index contributed by atoms with van der Waals surface area (Å²) in [5.41, 5.74) is 0. The quantitative estimate of drug-likeness (QED) is 0.838. The lowest BCUT2D eigenvalue weighted by Crippen LogP contribution is -2.05. The molecule has 2 N–H and O–H groups in total. The lowest BCUT2D eigenvalue weighted by atomic mass is 10.4. The standard InChI is InChI=1S/C9H12N4S3/c1-3-6-4-10-7(15-6)5(2)11-8-12-13-9(14)16-8/h4-5H,3H2,1-2H3,(H,11,12)(H,13,14). The van der Waals surface area contributed by atoms with E-state index in [-0.39, 0.29) is 6.04 Å². The van der Waals surface area contributed by atoms with Gasteiger partial charge in [-0.05, 0) is 25.6 Å². The number of nitrogens with one attached hydrogen (secondary N) is 2. The van der Waals surface area contributed by atoms with Gasteiger partial charge in [0.05, 0.1) is 6.04 Å². The summed E-state index contributed by atoms with van der Waals surface area (Å²) in [6, 6.07) is 0.166. The van der Waals surface area contributed by atoms with Crippen LogP contribution in [0.15, 0.2) is 6.20 Å². The van der Waals surface area contributed by atoms with Crippen molar-refractivity contribution in [3.63, 3.8) is 0 Å². The molecule has 0 saturated carbocycles. The molecule has 0 aliphatic rings. The third kappa shape index (κ3) is 2.66. The van der Waals surface area contributed by atoms with Gasteiger partial charge in [-0.25, -0.2) is 4.98 Å². The van der Waals surface area contributed by atoms with Gasteiger partial charge in [-0.2, -0.15) is 0 Å². The smallest absolute Gasteiger partial charge is 0.204 e. The van der Waals surface area contributed by atoms with E-state index >= 15 is 0 Å². The van der Waals surface area contributed by atoms with E-state index in [2.05, 4.69) is 34.3 Å². The molecule has 0 aliphatic carbocycles. The van der Waals surface area contributed by atoms with Crippen LogP contribution in [0.2, 0.25) is 0 Å². The average molecular weight is 272 g/mol. The fourth-order valence-electron chi connectivity index (χ4n) is 1.22. The third-order valence-electron chi connectivity index (χ3n) is 2.07. The summed E-state index contributed by atoms with van der Waals surface area (Å²) in [7, 11) is 0. The predicted octanol–water partition coefficient (Wildman–Crippen LogP) is 3.39. The van der Waals surface area contributed by atoms with Gasteiger partial charge < -0.3 is 5.32 Å². The van der Waals surface area contributed by atoms with Crippen LogP contribution in [0.4, 0.5) is 5.13 Å². The van der Waals surface area contributed by atoms with Gasteiger partial charge in [-0.15, -0.1) is 16.4 Å². The van der Waals surface area contributed by atoms with Gasteiger partial charge in [0, 0.05) is 11.1 Å². The van der Waals surface area contributed by atoms with Crippen LogP contribution >= 0.6 is 34.9 Å². The number of hydrogen-bond acceptors (Lipinski definition) is 6. The van der Waals surface area contributed by atoms with E-state index < -0.39 is 0 Å². The molecule has 0 spiro atoms. The molecule has 2 rings (SSSR count). The molecule has 86 valence electrons. The van der Waals surface area contributed by atoms with Crippen molar-refractivity contribution >= 4 is 40.0 Å². The zero-order chi connectivity index (χ0) is 11.5. The van der Waals surface area contributed by atoms with Crippen molar-refractivity contribution in [2.24, 2.45) is 0 Å². The minimum atomic E-state index is 0.166. The second-order valence-corrected chi connectivity index (χ2v) is 6.12. The van der Waals surface area contributed by atoms with Crippen LogP contribution in [0.1, 0.15) is 29.8 Å². The van der Waals surface area contributed by atoms with Gasteiger partial charge in [0.2, 0.25) is 5.13 Å². The molecule has 1 atom stereocenters. The maximum Gasteiger partial charge on any atom is 0.204 e. The Kier molecular flexibility index (Phi) is 3.67. The monoisotopic (exact) mass is 272 g/mol. The van der Waals surface area contributed by atoms with E-state index in [4.69, 9.17) is 12.2 Å². The van der Waals surface area contributed by atoms with Gasteiger partial charge in [-0.1, -0.05) is 18.3 Å². The third-order valence-corrected chi connectivity index (χ3v) is 4.41. The fraction of sp³-hybridized carbons (Fsp3) is 0.444. The Morgan fingerprint density at radius 2 is 2.38 bits per heavy atom. The predicted molar refractivity (Wildman–Crippen MR) is 70.8 cm³/mol. The van der Waals surface area contributed by atoms with Crippen LogP contribution in [0, 0.1) is 3.95 Å². The van der Waals surface area contributed by atoms with Crippen LogP contribution in [-0.2, 0) is 6.42 Å². The number of aryl methyl sites for hydroxylation is 1. The van der Waals surface area contributed by atoms with E-state index in [0.29, 0.717) is 3.95 Å². The molecule has 2 aromatic heterocycles. The Bertz CT molecular complexity index is 513. The second kappa shape index (κ2) is 5.03. The second-order valence-electron chi connectivity index (χ2n) is 3.30. The number of nitrogens with zero attached hydrogens (tertiary/aromatic N) is 2. The zero-order valence-corrected chi connectivity index (χ0v) is 11.4. The zero-order valence-electron chi connectivity index (χ0n) is 8.98. The summed E-state index contributed by atoms with van der Waals surface area (Å²) in [4.78, 5) is 5.69. The van der Waals surface area contributed by atoms with E-state index in [1.165, 1.54) is 16.2 Å². The summed E-state index contributed by atoms with van der Waals surface area (Å²) in [5, 5.41) is 12.0. The van der Waals surface area contributed by atoms with Gasteiger partial charge in [0.25, 0.3) is 0 Å². The fourth-order valence-corrected chi connectivity index (χ4v) is 2.96. The van der Waals surface area contributed by atoms with Crippen molar-refractivity contribution in [1.29, 1.82) is 0 Å².